The van der Waals surface area contributed by atoms with E-state index in [9.17, 15) is 0 Å². The van der Waals surface area contributed by atoms with Crippen LogP contribution in [-0.2, 0) is 0 Å². The Kier molecular flexibility index (Phi) is 4.21. The number of imidazole rings is 1. The number of H-pyrrole nitrogens is 1. The second kappa shape index (κ2) is 6.52. The molecular weight excluding hydrogens is 336 g/mol. The molecule has 2 aromatic heterocycles. The first kappa shape index (κ1) is 16.1. The minimum Gasteiger partial charge on any atom is -0.348 e. The van der Waals surface area contributed by atoms with Crippen LogP contribution in [0.4, 0.5) is 5.95 Å². The van der Waals surface area contributed by atoms with Crippen molar-refractivity contribution in [3.05, 3.63) is 52.8 Å². The molecule has 0 amide bonds. The number of aryl methyl sites for hydroxylation is 2. The standard InChI is InChI=1S/C18H21ClN6/c1-12-17(21-11-20-12)14-6-8-24(9-7-14)18-22-13(2)23-25(18)16-5-3-4-15(19)10-16/h3-5,10-11,14H,6-9H2,1-2H3,(H,20,21). The van der Waals surface area contributed by atoms with Gasteiger partial charge in [0.25, 0.3) is 0 Å². The van der Waals surface area contributed by atoms with Gasteiger partial charge in [0.05, 0.1) is 17.7 Å². The van der Waals surface area contributed by atoms with Gasteiger partial charge in [0.15, 0.2) is 0 Å². The molecule has 25 heavy (non-hydrogen) atoms. The number of aromatic nitrogens is 5. The number of rotatable bonds is 3. The lowest BCUT2D eigenvalue weighted by Crippen LogP contribution is -2.35. The summed E-state index contributed by atoms with van der Waals surface area (Å²) in [6.07, 6.45) is 3.91. The van der Waals surface area contributed by atoms with Crippen LogP contribution in [0, 0.1) is 13.8 Å². The topological polar surface area (TPSA) is 62.6 Å². The normalized spacial score (nSPS) is 15.7. The number of nitrogens with zero attached hydrogens (tertiary/aromatic N) is 5. The van der Waals surface area contributed by atoms with Crippen molar-refractivity contribution in [1.29, 1.82) is 0 Å². The third kappa shape index (κ3) is 3.14. The van der Waals surface area contributed by atoms with Gasteiger partial charge in [0.1, 0.15) is 5.82 Å². The van der Waals surface area contributed by atoms with E-state index in [0.717, 1.165) is 43.4 Å². The molecule has 1 aliphatic rings. The molecule has 130 valence electrons. The second-order valence-electron chi connectivity index (χ2n) is 6.52. The average molecular weight is 357 g/mol. The van der Waals surface area contributed by atoms with Crippen LogP contribution in [0.15, 0.2) is 30.6 Å². The monoisotopic (exact) mass is 356 g/mol. The van der Waals surface area contributed by atoms with E-state index in [1.807, 2.05) is 35.9 Å². The van der Waals surface area contributed by atoms with E-state index < -0.39 is 0 Å². The number of hydrogen-bond acceptors (Lipinski definition) is 4. The fourth-order valence-electron chi connectivity index (χ4n) is 3.52. The summed E-state index contributed by atoms with van der Waals surface area (Å²) < 4.78 is 1.89. The van der Waals surface area contributed by atoms with Crippen LogP contribution in [0.2, 0.25) is 5.02 Å². The van der Waals surface area contributed by atoms with Crippen LogP contribution >= 0.6 is 11.6 Å². The van der Waals surface area contributed by atoms with Gasteiger partial charge in [0, 0.05) is 29.7 Å². The van der Waals surface area contributed by atoms with E-state index in [4.69, 9.17) is 11.6 Å². The first-order valence-corrected chi connectivity index (χ1v) is 8.94. The lowest BCUT2D eigenvalue weighted by Gasteiger charge is -2.32. The molecule has 0 atom stereocenters. The van der Waals surface area contributed by atoms with Gasteiger partial charge in [-0.15, -0.1) is 5.10 Å². The van der Waals surface area contributed by atoms with E-state index in [0.29, 0.717) is 10.9 Å². The predicted molar refractivity (Wildman–Crippen MR) is 98.6 cm³/mol. The number of hydrogen-bond donors (Lipinski definition) is 1. The SMILES string of the molecule is Cc1nc(N2CCC(c3nc[nH]c3C)CC2)n(-c2cccc(Cl)c2)n1. The molecule has 4 rings (SSSR count). The zero-order chi connectivity index (χ0) is 17.4. The lowest BCUT2D eigenvalue weighted by molar-refractivity contribution is 0.488. The molecule has 0 saturated carbocycles. The Morgan fingerprint density at radius 2 is 2.00 bits per heavy atom. The molecule has 1 saturated heterocycles. The summed E-state index contributed by atoms with van der Waals surface area (Å²) >= 11 is 6.15. The van der Waals surface area contributed by atoms with Crippen molar-refractivity contribution in [2.24, 2.45) is 0 Å². The summed E-state index contributed by atoms with van der Waals surface area (Å²) in [5, 5.41) is 5.27. The first-order valence-electron chi connectivity index (χ1n) is 8.56. The zero-order valence-electron chi connectivity index (χ0n) is 14.4. The number of aromatic amines is 1. The Balaban J connectivity index is 1.57. The first-order chi connectivity index (χ1) is 12.1. The average Bonchev–Trinajstić information content (AvgIpc) is 3.21. The van der Waals surface area contributed by atoms with Crippen molar-refractivity contribution >= 4 is 17.5 Å². The van der Waals surface area contributed by atoms with Gasteiger partial charge in [0.2, 0.25) is 5.95 Å². The minimum absolute atomic E-state index is 0.506. The summed E-state index contributed by atoms with van der Waals surface area (Å²) in [5.41, 5.74) is 3.32. The molecule has 0 unspecified atom stereocenters. The highest BCUT2D eigenvalue weighted by atomic mass is 35.5. The third-order valence-corrected chi connectivity index (χ3v) is 5.02. The van der Waals surface area contributed by atoms with Gasteiger partial charge in [-0.3, -0.25) is 0 Å². The Morgan fingerprint density at radius 1 is 1.20 bits per heavy atom. The molecule has 0 radical (unpaired) electrons. The largest absolute Gasteiger partial charge is 0.348 e. The van der Waals surface area contributed by atoms with Crippen LogP contribution in [0.25, 0.3) is 5.69 Å². The molecule has 7 heteroatoms. The number of piperidine rings is 1. The molecule has 0 bridgehead atoms. The zero-order valence-corrected chi connectivity index (χ0v) is 15.2. The highest BCUT2D eigenvalue weighted by molar-refractivity contribution is 6.30. The quantitative estimate of drug-likeness (QED) is 0.778. The molecule has 1 N–H and O–H groups in total. The number of nitrogens with one attached hydrogen (secondary N) is 1. The van der Waals surface area contributed by atoms with Crippen molar-refractivity contribution in [3.8, 4) is 5.69 Å². The summed E-state index contributed by atoms with van der Waals surface area (Å²) in [4.78, 5) is 14.6. The van der Waals surface area contributed by atoms with Crippen molar-refractivity contribution in [1.82, 2.24) is 24.7 Å². The molecule has 1 aliphatic heterocycles. The van der Waals surface area contributed by atoms with E-state index in [1.165, 1.54) is 11.4 Å². The van der Waals surface area contributed by atoms with Gasteiger partial charge >= 0.3 is 0 Å². The van der Waals surface area contributed by atoms with Gasteiger partial charge < -0.3 is 9.88 Å². The predicted octanol–water partition coefficient (Wildman–Crippen LogP) is 3.64. The number of anilines is 1. The van der Waals surface area contributed by atoms with E-state index in [1.54, 1.807) is 6.33 Å². The van der Waals surface area contributed by atoms with Crippen LogP contribution in [0.3, 0.4) is 0 Å². The van der Waals surface area contributed by atoms with Gasteiger partial charge in [-0.2, -0.15) is 9.67 Å². The highest BCUT2D eigenvalue weighted by Gasteiger charge is 2.26. The maximum absolute atomic E-state index is 6.15. The van der Waals surface area contributed by atoms with Crippen molar-refractivity contribution in [3.63, 3.8) is 0 Å². The lowest BCUT2D eigenvalue weighted by atomic mass is 9.93. The summed E-state index contributed by atoms with van der Waals surface area (Å²) in [5.74, 6) is 2.16. The number of halogens is 1. The summed E-state index contributed by atoms with van der Waals surface area (Å²) in [6.45, 7) is 5.89. The van der Waals surface area contributed by atoms with Gasteiger partial charge in [-0.05, 0) is 44.9 Å². The maximum Gasteiger partial charge on any atom is 0.228 e. The van der Waals surface area contributed by atoms with Crippen LogP contribution in [-0.4, -0.2) is 37.8 Å². The van der Waals surface area contributed by atoms with Gasteiger partial charge in [-0.1, -0.05) is 17.7 Å². The molecule has 6 nitrogen and oxygen atoms in total. The fourth-order valence-corrected chi connectivity index (χ4v) is 3.71. The molecule has 0 aliphatic carbocycles. The molecule has 1 fully saturated rings. The second-order valence-corrected chi connectivity index (χ2v) is 6.96. The molecular formula is C18H21ClN6. The van der Waals surface area contributed by atoms with Crippen LogP contribution < -0.4 is 4.90 Å². The van der Waals surface area contributed by atoms with E-state index in [2.05, 4.69) is 31.9 Å². The van der Waals surface area contributed by atoms with E-state index >= 15 is 0 Å². The Hall–Kier alpha value is -2.34. The van der Waals surface area contributed by atoms with Gasteiger partial charge in [-0.25, -0.2) is 4.98 Å². The minimum atomic E-state index is 0.506. The van der Waals surface area contributed by atoms with E-state index in [-0.39, 0.29) is 0 Å². The smallest absolute Gasteiger partial charge is 0.228 e. The molecule has 3 heterocycles. The summed E-state index contributed by atoms with van der Waals surface area (Å²) in [7, 11) is 0. The third-order valence-electron chi connectivity index (χ3n) is 4.78. The molecule has 1 aromatic carbocycles. The van der Waals surface area contributed by atoms with Crippen LogP contribution in [0.1, 0.15) is 36.0 Å². The maximum atomic E-state index is 6.15. The number of benzene rings is 1. The summed E-state index contributed by atoms with van der Waals surface area (Å²) in [6, 6.07) is 7.72. The van der Waals surface area contributed by atoms with Crippen molar-refractivity contribution < 1.29 is 0 Å². The Bertz CT molecular complexity index is 875. The van der Waals surface area contributed by atoms with Crippen molar-refractivity contribution in [2.45, 2.75) is 32.6 Å². The van der Waals surface area contributed by atoms with Crippen molar-refractivity contribution in [2.75, 3.05) is 18.0 Å². The highest BCUT2D eigenvalue weighted by Crippen LogP contribution is 2.31. The Morgan fingerprint density at radius 3 is 2.68 bits per heavy atom. The molecule has 0 spiro atoms. The fraction of sp³-hybridized carbons (Fsp3) is 0.389. The Labute approximate surface area is 151 Å². The molecule has 3 aromatic rings. The van der Waals surface area contributed by atoms with Crippen LogP contribution in [0.5, 0.6) is 0 Å².